The Morgan fingerprint density at radius 3 is 2.33 bits per heavy atom. The van der Waals surface area contributed by atoms with Gasteiger partial charge in [-0.1, -0.05) is 35.9 Å². The van der Waals surface area contributed by atoms with Crippen LogP contribution >= 0.6 is 0 Å². The summed E-state index contributed by atoms with van der Waals surface area (Å²) in [6, 6.07) is 12.4. The monoisotopic (exact) mass is 365 g/mol. The van der Waals surface area contributed by atoms with Crippen LogP contribution in [0.4, 0.5) is 10.5 Å². The van der Waals surface area contributed by atoms with Gasteiger partial charge in [-0.05, 0) is 56.5 Å². The molecule has 0 bridgehead atoms. The van der Waals surface area contributed by atoms with E-state index in [2.05, 4.69) is 10.6 Å². The van der Waals surface area contributed by atoms with Crippen LogP contribution in [0.5, 0.6) is 0 Å². The van der Waals surface area contributed by atoms with Crippen molar-refractivity contribution in [1.29, 1.82) is 0 Å². The van der Waals surface area contributed by atoms with Crippen molar-refractivity contribution in [2.24, 2.45) is 0 Å². The molecule has 0 spiro atoms. The van der Waals surface area contributed by atoms with Gasteiger partial charge in [-0.25, -0.2) is 4.79 Å². The Bertz CT molecular complexity index is 921. The number of anilines is 1. The summed E-state index contributed by atoms with van der Waals surface area (Å²) < 4.78 is 0. The topological polar surface area (TPSA) is 78.5 Å². The number of benzene rings is 2. The molecule has 0 saturated carbocycles. The molecule has 3 rings (SSSR count). The molecule has 0 radical (unpaired) electrons. The van der Waals surface area contributed by atoms with Crippen molar-refractivity contribution < 1.29 is 14.4 Å². The first kappa shape index (κ1) is 18.6. The van der Waals surface area contributed by atoms with Crippen molar-refractivity contribution in [1.82, 2.24) is 10.2 Å². The fourth-order valence-electron chi connectivity index (χ4n) is 3.09. The minimum absolute atomic E-state index is 0.334. The molecule has 1 aliphatic rings. The molecule has 0 aliphatic carbocycles. The number of nitrogens with zero attached hydrogens (tertiary/aromatic N) is 1. The Morgan fingerprint density at radius 1 is 1.04 bits per heavy atom. The molecular weight excluding hydrogens is 342 g/mol. The first-order chi connectivity index (χ1) is 12.7. The van der Waals surface area contributed by atoms with E-state index in [1.54, 1.807) is 13.0 Å². The van der Waals surface area contributed by atoms with E-state index in [9.17, 15) is 14.4 Å². The lowest BCUT2D eigenvalue weighted by molar-refractivity contribution is -0.133. The fraction of sp³-hybridized carbons (Fsp3) is 0.286. The second kappa shape index (κ2) is 6.87. The maximum absolute atomic E-state index is 12.9. The zero-order valence-electron chi connectivity index (χ0n) is 15.9. The third-order valence-corrected chi connectivity index (χ3v) is 5.00. The molecule has 1 atom stereocenters. The van der Waals surface area contributed by atoms with Crippen molar-refractivity contribution in [3.63, 3.8) is 0 Å². The second-order valence-electron chi connectivity index (χ2n) is 7.16. The summed E-state index contributed by atoms with van der Waals surface area (Å²) in [4.78, 5) is 38.5. The molecule has 2 aromatic carbocycles. The average molecular weight is 365 g/mol. The molecule has 2 aromatic rings. The highest BCUT2D eigenvalue weighted by Crippen LogP contribution is 2.29. The molecular formula is C21H23N3O3. The van der Waals surface area contributed by atoms with E-state index >= 15 is 0 Å². The van der Waals surface area contributed by atoms with Gasteiger partial charge in [0.15, 0.2) is 0 Å². The second-order valence-corrected chi connectivity index (χ2v) is 7.16. The van der Waals surface area contributed by atoms with Crippen molar-refractivity contribution in [2.75, 3.05) is 11.9 Å². The highest BCUT2D eigenvalue weighted by molar-refractivity contribution is 6.10. The fourth-order valence-corrected chi connectivity index (χ4v) is 3.09. The zero-order valence-corrected chi connectivity index (χ0v) is 15.9. The number of aryl methyl sites for hydroxylation is 3. The minimum atomic E-state index is -1.18. The van der Waals surface area contributed by atoms with Crippen LogP contribution in [0.2, 0.25) is 0 Å². The van der Waals surface area contributed by atoms with Crippen LogP contribution in [-0.4, -0.2) is 29.3 Å². The molecule has 140 valence electrons. The van der Waals surface area contributed by atoms with Crippen LogP contribution in [0.25, 0.3) is 0 Å². The number of nitrogens with one attached hydrogen (secondary N) is 2. The lowest BCUT2D eigenvalue weighted by Crippen LogP contribution is -2.42. The highest BCUT2D eigenvalue weighted by Gasteiger charge is 2.49. The van der Waals surface area contributed by atoms with Crippen molar-refractivity contribution in [3.05, 3.63) is 64.7 Å². The Balaban J connectivity index is 1.74. The van der Waals surface area contributed by atoms with Crippen LogP contribution in [0.1, 0.15) is 29.2 Å². The van der Waals surface area contributed by atoms with E-state index in [0.717, 1.165) is 21.6 Å². The van der Waals surface area contributed by atoms with Gasteiger partial charge in [0, 0.05) is 5.69 Å². The van der Waals surface area contributed by atoms with E-state index in [-0.39, 0.29) is 6.54 Å². The first-order valence-corrected chi connectivity index (χ1v) is 8.79. The Labute approximate surface area is 158 Å². The third-order valence-electron chi connectivity index (χ3n) is 5.00. The molecule has 1 fully saturated rings. The highest BCUT2D eigenvalue weighted by atomic mass is 16.2. The number of rotatable bonds is 4. The first-order valence-electron chi connectivity index (χ1n) is 8.79. The van der Waals surface area contributed by atoms with Crippen LogP contribution in [0.3, 0.4) is 0 Å². The summed E-state index contributed by atoms with van der Waals surface area (Å²) in [6.45, 7) is 7.21. The van der Waals surface area contributed by atoms with Gasteiger partial charge in [-0.3, -0.25) is 14.5 Å². The minimum Gasteiger partial charge on any atom is -0.325 e. The molecule has 6 heteroatoms. The number of imide groups is 1. The molecule has 4 amide bonds. The standard InChI is InChI=1S/C21H23N3O3/c1-13-5-8-16(9-6-13)21(4)19(26)24(20(27)23-21)12-18(25)22-17-10-7-14(2)15(3)11-17/h5-11H,12H2,1-4H3,(H,22,25)(H,23,27)/t21-/m1/s1. The quantitative estimate of drug-likeness (QED) is 0.818. The predicted molar refractivity (Wildman–Crippen MR) is 103 cm³/mol. The summed E-state index contributed by atoms with van der Waals surface area (Å²) in [5, 5.41) is 5.45. The summed E-state index contributed by atoms with van der Waals surface area (Å²) in [6.07, 6.45) is 0. The Kier molecular flexibility index (Phi) is 4.74. The maximum Gasteiger partial charge on any atom is 0.325 e. The van der Waals surface area contributed by atoms with Crippen molar-refractivity contribution in [3.8, 4) is 0 Å². The molecule has 1 saturated heterocycles. The zero-order chi connectivity index (χ0) is 19.8. The van der Waals surface area contributed by atoms with Gasteiger partial charge in [0.25, 0.3) is 5.91 Å². The van der Waals surface area contributed by atoms with Crippen molar-refractivity contribution >= 4 is 23.5 Å². The van der Waals surface area contributed by atoms with Gasteiger partial charge in [-0.2, -0.15) is 0 Å². The maximum atomic E-state index is 12.9. The number of amides is 4. The van der Waals surface area contributed by atoms with Gasteiger partial charge in [0.05, 0.1) is 0 Å². The van der Waals surface area contributed by atoms with Crippen LogP contribution in [0.15, 0.2) is 42.5 Å². The number of carbonyl (C=O) groups excluding carboxylic acids is 3. The summed E-state index contributed by atoms with van der Waals surface area (Å²) in [7, 11) is 0. The van der Waals surface area contributed by atoms with E-state index in [1.807, 2.05) is 57.2 Å². The lowest BCUT2D eigenvalue weighted by Gasteiger charge is -2.22. The molecule has 6 nitrogen and oxygen atoms in total. The van der Waals surface area contributed by atoms with E-state index < -0.39 is 23.4 Å². The van der Waals surface area contributed by atoms with Crippen molar-refractivity contribution in [2.45, 2.75) is 33.2 Å². The molecule has 2 N–H and O–H groups in total. The van der Waals surface area contributed by atoms with Gasteiger partial charge in [0.2, 0.25) is 5.91 Å². The van der Waals surface area contributed by atoms with Gasteiger partial charge < -0.3 is 10.6 Å². The molecule has 27 heavy (non-hydrogen) atoms. The normalized spacial score (nSPS) is 19.2. The van der Waals surface area contributed by atoms with E-state index in [0.29, 0.717) is 11.3 Å². The third kappa shape index (κ3) is 3.56. The predicted octanol–water partition coefficient (Wildman–Crippen LogP) is 3.02. The average Bonchev–Trinajstić information content (AvgIpc) is 2.83. The summed E-state index contributed by atoms with van der Waals surface area (Å²) in [5.74, 6) is -0.860. The van der Waals surface area contributed by atoms with Gasteiger partial charge in [-0.15, -0.1) is 0 Å². The largest absolute Gasteiger partial charge is 0.325 e. The van der Waals surface area contributed by atoms with Crippen LogP contribution in [-0.2, 0) is 15.1 Å². The van der Waals surface area contributed by atoms with Crippen LogP contribution in [0, 0.1) is 20.8 Å². The summed E-state index contributed by atoms with van der Waals surface area (Å²) in [5.41, 5.74) is 3.38. The molecule has 1 aliphatic heterocycles. The van der Waals surface area contributed by atoms with E-state index in [1.165, 1.54) is 0 Å². The molecule has 0 unspecified atom stereocenters. The number of carbonyl (C=O) groups is 3. The molecule has 0 aromatic heterocycles. The van der Waals surface area contributed by atoms with E-state index in [4.69, 9.17) is 0 Å². The smallest absolute Gasteiger partial charge is 0.325 e. The summed E-state index contributed by atoms with van der Waals surface area (Å²) >= 11 is 0. The number of hydrogen-bond acceptors (Lipinski definition) is 3. The SMILES string of the molecule is Cc1ccc([C@@]2(C)NC(=O)N(CC(=O)Nc3ccc(C)c(C)c3)C2=O)cc1. The number of urea groups is 1. The van der Waals surface area contributed by atoms with Crippen LogP contribution < -0.4 is 10.6 Å². The van der Waals surface area contributed by atoms with Gasteiger partial charge in [0.1, 0.15) is 12.1 Å². The lowest BCUT2D eigenvalue weighted by atomic mass is 9.91. The Hall–Kier alpha value is -3.15. The number of hydrogen-bond donors (Lipinski definition) is 2. The van der Waals surface area contributed by atoms with Gasteiger partial charge >= 0.3 is 6.03 Å². The molecule has 1 heterocycles. The Morgan fingerprint density at radius 2 is 1.70 bits per heavy atom.